The van der Waals surface area contributed by atoms with Crippen molar-refractivity contribution in [2.45, 2.75) is 29.4 Å². The van der Waals surface area contributed by atoms with Gasteiger partial charge in [-0.15, -0.1) is 16.9 Å². The van der Waals surface area contributed by atoms with E-state index in [9.17, 15) is 0 Å². The molecule has 2 aromatic rings. The first kappa shape index (κ1) is 14.3. The van der Waals surface area contributed by atoms with Crippen molar-refractivity contribution in [2.24, 2.45) is 7.05 Å². The molecule has 0 amide bonds. The minimum Gasteiger partial charge on any atom is -0.250 e. The van der Waals surface area contributed by atoms with E-state index in [0.29, 0.717) is 0 Å². The SMILES string of the molecule is Cn1nnnc1SCCCCCSc1ccccn1. The number of nitrogens with zero attached hydrogens (tertiary/aromatic N) is 5. The highest BCUT2D eigenvalue weighted by atomic mass is 32.2. The summed E-state index contributed by atoms with van der Waals surface area (Å²) in [7, 11) is 1.87. The van der Waals surface area contributed by atoms with Crippen LogP contribution in [0.5, 0.6) is 0 Å². The van der Waals surface area contributed by atoms with Crippen LogP contribution >= 0.6 is 23.5 Å². The monoisotopic (exact) mass is 295 g/mol. The van der Waals surface area contributed by atoms with Gasteiger partial charge >= 0.3 is 0 Å². The quantitative estimate of drug-likeness (QED) is 0.551. The standard InChI is InChI=1S/C12H17N5S2/c1-17-12(14-15-16-17)19-10-6-2-5-9-18-11-7-3-4-8-13-11/h3-4,7-8H,2,5-6,9-10H2,1H3. The highest BCUT2D eigenvalue weighted by Gasteiger charge is 2.01. The van der Waals surface area contributed by atoms with Crippen molar-refractivity contribution in [3.63, 3.8) is 0 Å². The molecule has 0 aliphatic rings. The molecule has 0 aromatic carbocycles. The third-order valence-electron chi connectivity index (χ3n) is 2.49. The van der Waals surface area contributed by atoms with Crippen LogP contribution in [0, 0.1) is 0 Å². The van der Waals surface area contributed by atoms with E-state index in [-0.39, 0.29) is 0 Å². The average molecular weight is 295 g/mol. The van der Waals surface area contributed by atoms with Gasteiger partial charge in [-0.2, -0.15) is 0 Å². The zero-order valence-corrected chi connectivity index (χ0v) is 12.5. The number of hydrogen-bond donors (Lipinski definition) is 0. The van der Waals surface area contributed by atoms with Crippen molar-refractivity contribution in [2.75, 3.05) is 11.5 Å². The van der Waals surface area contributed by atoms with E-state index >= 15 is 0 Å². The maximum Gasteiger partial charge on any atom is 0.209 e. The van der Waals surface area contributed by atoms with E-state index in [4.69, 9.17) is 0 Å². The molecular weight excluding hydrogens is 278 g/mol. The Labute approximate surface area is 121 Å². The van der Waals surface area contributed by atoms with Gasteiger partial charge in [0.2, 0.25) is 5.16 Å². The Kier molecular flexibility index (Phi) is 6.16. The molecule has 0 radical (unpaired) electrons. The fourth-order valence-corrected chi connectivity index (χ4v) is 3.21. The fraction of sp³-hybridized carbons (Fsp3) is 0.500. The van der Waals surface area contributed by atoms with Crippen molar-refractivity contribution < 1.29 is 0 Å². The van der Waals surface area contributed by atoms with Crippen molar-refractivity contribution in [1.82, 2.24) is 25.2 Å². The summed E-state index contributed by atoms with van der Waals surface area (Å²) in [6, 6.07) is 6.03. The number of hydrogen-bond acceptors (Lipinski definition) is 6. The van der Waals surface area contributed by atoms with Crippen LogP contribution < -0.4 is 0 Å². The molecule has 2 aromatic heterocycles. The topological polar surface area (TPSA) is 56.5 Å². The summed E-state index contributed by atoms with van der Waals surface area (Å²) in [5, 5.41) is 13.4. The second kappa shape index (κ2) is 8.16. The van der Waals surface area contributed by atoms with E-state index < -0.39 is 0 Å². The van der Waals surface area contributed by atoms with Crippen molar-refractivity contribution in [3.05, 3.63) is 24.4 Å². The Bertz CT molecular complexity index is 474. The molecule has 0 saturated carbocycles. The minimum atomic E-state index is 0.892. The number of unbranched alkanes of at least 4 members (excludes halogenated alkanes) is 2. The molecular formula is C12H17N5S2. The Morgan fingerprint density at radius 1 is 1.11 bits per heavy atom. The van der Waals surface area contributed by atoms with Crippen molar-refractivity contribution in [3.8, 4) is 0 Å². The zero-order valence-electron chi connectivity index (χ0n) is 10.9. The lowest BCUT2D eigenvalue weighted by molar-refractivity contribution is 0.664. The fourth-order valence-electron chi connectivity index (χ4n) is 1.50. The maximum atomic E-state index is 4.29. The summed E-state index contributed by atoms with van der Waals surface area (Å²) in [4.78, 5) is 4.29. The number of tetrazole rings is 1. The van der Waals surface area contributed by atoms with Crippen molar-refractivity contribution in [1.29, 1.82) is 0 Å². The predicted octanol–water partition coefficient (Wildman–Crippen LogP) is 2.66. The normalized spacial score (nSPS) is 10.8. The highest BCUT2D eigenvalue weighted by molar-refractivity contribution is 7.99. The summed E-state index contributed by atoms with van der Waals surface area (Å²) in [6.07, 6.45) is 5.49. The third-order valence-corrected chi connectivity index (χ3v) is 4.62. The lowest BCUT2D eigenvalue weighted by Gasteiger charge is -2.01. The molecule has 0 fully saturated rings. The van der Waals surface area contributed by atoms with Crippen LogP contribution in [-0.4, -0.2) is 36.7 Å². The predicted molar refractivity (Wildman–Crippen MR) is 78.3 cm³/mol. The Hall–Kier alpha value is -1.08. The molecule has 5 nitrogen and oxygen atoms in total. The molecule has 0 aliphatic heterocycles. The third kappa shape index (κ3) is 5.20. The summed E-state index contributed by atoms with van der Waals surface area (Å²) < 4.78 is 1.71. The summed E-state index contributed by atoms with van der Waals surface area (Å²) >= 11 is 3.54. The molecule has 2 rings (SSSR count). The van der Waals surface area contributed by atoms with E-state index in [0.717, 1.165) is 21.7 Å². The zero-order chi connectivity index (χ0) is 13.3. The molecule has 0 spiro atoms. The molecule has 2 heterocycles. The van der Waals surface area contributed by atoms with Crippen LogP contribution in [0.1, 0.15) is 19.3 Å². The molecule has 0 unspecified atom stereocenters. The number of rotatable bonds is 8. The minimum absolute atomic E-state index is 0.892. The van der Waals surface area contributed by atoms with Crippen LogP contribution in [0.2, 0.25) is 0 Å². The maximum absolute atomic E-state index is 4.29. The van der Waals surface area contributed by atoms with Gasteiger partial charge in [-0.3, -0.25) is 0 Å². The van der Waals surface area contributed by atoms with Gasteiger partial charge < -0.3 is 0 Å². The first-order valence-electron chi connectivity index (χ1n) is 6.25. The van der Waals surface area contributed by atoms with E-state index in [2.05, 4.69) is 26.6 Å². The van der Waals surface area contributed by atoms with Crippen LogP contribution in [-0.2, 0) is 7.05 Å². The molecule has 0 N–H and O–H groups in total. The Morgan fingerprint density at radius 3 is 2.63 bits per heavy atom. The first-order valence-corrected chi connectivity index (χ1v) is 8.22. The Balaban J connectivity index is 1.50. The second-order valence-corrected chi connectivity index (χ2v) is 6.19. The van der Waals surface area contributed by atoms with E-state index in [1.165, 1.54) is 19.3 Å². The summed E-state index contributed by atoms with van der Waals surface area (Å²) in [6.45, 7) is 0. The highest BCUT2D eigenvalue weighted by Crippen LogP contribution is 2.18. The van der Waals surface area contributed by atoms with Gasteiger partial charge in [0.1, 0.15) is 0 Å². The number of aryl methyl sites for hydroxylation is 1. The number of aromatic nitrogens is 5. The van der Waals surface area contributed by atoms with Gasteiger partial charge in [-0.05, 0) is 41.2 Å². The lowest BCUT2D eigenvalue weighted by Crippen LogP contribution is -1.94. The van der Waals surface area contributed by atoms with Crippen LogP contribution in [0.3, 0.4) is 0 Å². The van der Waals surface area contributed by atoms with Gasteiger partial charge in [0.15, 0.2) is 0 Å². The smallest absolute Gasteiger partial charge is 0.209 e. The molecule has 0 atom stereocenters. The van der Waals surface area contributed by atoms with Gasteiger partial charge in [0.25, 0.3) is 0 Å². The van der Waals surface area contributed by atoms with Crippen LogP contribution in [0.25, 0.3) is 0 Å². The van der Waals surface area contributed by atoms with Crippen LogP contribution in [0.15, 0.2) is 34.6 Å². The van der Waals surface area contributed by atoms with Gasteiger partial charge in [0.05, 0.1) is 5.03 Å². The van der Waals surface area contributed by atoms with Gasteiger partial charge in [0, 0.05) is 19.0 Å². The number of pyridine rings is 1. The summed E-state index contributed by atoms with van der Waals surface area (Å²) in [5.41, 5.74) is 0. The molecule has 0 saturated heterocycles. The van der Waals surface area contributed by atoms with E-state index in [1.807, 2.05) is 37.1 Å². The van der Waals surface area contributed by atoms with Crippen LogP contribution in [0.4, 0.5) is 0 Å². The lowest BCUT2D eigenvalue weighted by atomic mass is 10.3. The Morgan fingerprint density at radius 2 is 1.95 bits per heavy atom. The second-order valence-electron chi connectivity index (χ2n) is 4.01. The molecule has 0 bridgehead atoms. The molecule has 7 heteroatoms. The number of thioether (sulfide) groups is 2. The largest absolute Gasteiger partial charge is 0.250 e. The summed E-state index contributed by atoms with van der Waals surface area (Å²) in [5.74, 6) is 2.20. The average Bonchev–Trinajstić information content (AvgIpc) is 2.84. The van der Waals surface area contributed by atoms with Gasteiger partial charge in [-0.25, -0.2) is 9.67 Å². The van der Waals surface area contributed by atoms with Gasteiger partial charge in [-0.1, -0.05) is 24.2 Å². The first-order chi connectivity index (χ1) is 9.36. The molecule has 0 aliphatic carbocycles. The van der Waals surface area contributed by atoms with Crippen molar-refractivity contribution >= 4 is 23.5 Å². The molecule has 102 valence electrons. The van der Waals surface area contributed by atoms with E-state index in [1.54, 1.807) is 16.4 Å². The molecule has 19 heavy (non-hydrogen) atoms.